The van der Waals surface area contributed by atoms with Crippen molar-refractivity contribution in [1.82, 2.24) is 19.7 Å². The summed E-state index contributed by atoms with van der Waals surface area (Å²) in [4.78, 5) is 16.4. The average Bonchev–Trinajstić information content (AvgIpc) is 3.20. The smallest absolute Gasteiger partial charge is 0.347 e. The summed E-state index contributed by atoms with van der Waals surface area (Å²) in [6.07, 6.45) is 15.8. The number of H-pyrrole nitrogens is 1. The zero-order chi connectivity index (χ0) is 20.5. The summed E-state index contributed by atoms with van der Waals surface area (Å²) in [6, 6.07) is 5.05. The second-order valence-corrected chi connectivity index (χ2v) is 8.13. The number of nitrogens with zero attached hydrogens (tertiary/aromatic N) is 3. The molecule has 7 heteroatoms. The Kier molecular flexibility index (Phi) is 8.04. The molecular weight excluding hydrogens is 364 g/mol. The molecule has 0 atom stereocenters. The van der Waals surface area contributed by atoms with Crippen molar-refractivity contribution in [1.29, 1.82) is 5.41 Å². The predicted molar refractivity (Wildman–Crippen MR) is 118 cm³/mol. The first-order valence-electron chi connectivity index (χ1n) is 10.9. The van der Waals surface area contributed by atoms with E-state index in [1.165, 1.54) is 83.7 Å². The van der Waals surface area contributed by atoms with Gasteiger partial charge < -0.3 is 16.0 Å². The molecule has 0 amide bonds. The van der Waals surface area contributed by atoms with Crippen LogP contribution >= 0.6 is 0 Å². The molecule has 1 saturated carbocycles. The number of hydrogen-bond donors (Lipinski definition) is 3. The van der Waals surface area contributed by atoms with Crippen molar-refractivity contribution >= 4 is 11.9 Å². The van der Waals surface area contributed by atoms with E-state index in [0.717, 1.165) is 16.8 Å². The molecule has 4 rings (SSSR count). The lowest BCUT2D eigenvalue weighted by Crippen LogP contribution is -2.31. The van der Waals surface area contributed by atoms with E-state index in [-0.39, 0.29) is 5.69 Å². The van der Waals surface area contributed by atoms with E-state index in [1.807, 2.05) is 0 Å². The van der Waals surface area contributed by atoms with E-state index in [0.29, 0.717) is 16.9 Å². The Morgan fingerprint density at radius 1 is 1.14 bits per heavy atom. The van der Waals surface area contributed by atoms with Gasteiger partial charge in [0.05, 0.1) is 5.69 Å². The van der Waals surface area contributed by atoms with Crippen LogP contribution in [0.4, 0.5) is 5.69 Å². The lowest BCUT2D eigenvalue weighted by molar-refractivity contribution is 0.201. The van der Waals surface area contributed by atoms with Gasteiger partial charge in [-0.3, -0.25) is 4.98 Å². The number of nitrogens with one attached hydrogen (secondary N) is 2. The Morgan fingerprint density at radius 3 is 2.52 bits per heavy atom. The number of nitrogens with two attached hydrogens (primary N) is 1. The van der Waals surface area contributed by atoms with Crippen LogP contribution in [-0.4, -0.2) is 45.5 Å². The van der Waals surface area contributed by atoms with E-state index in [9.17, 15) is 4.79 Å². The Labute approximate surface area is 172 Å². The van der Waals surface area contributed by atoms with Crippen LogP contribution in [0.25, 0.3) is 5.69 Å². The van der Waals surface area contributed by atoms with Gasteiger partial charge >= 0.3 is 5.69 Å². The van der Waals surface area contributed by atoms with Crippen molar-refractivity contribution < 1.29 is 0 Å². The molecule has 29 heavy (non-hydrogen) atoms. The summed E-state index contributed by atoms with van der Waals surface area (Å²) in [7, 11) is 0. The summed E-state index contributed by atoms with van der Waals surface area (Å²) in [5, 5.41) is 11.1. The van der Waals surface area contributed by atoms with Crippen molar-refractivity contribution in [3.8, 4) is 5.69 Å². The molecule has 2 aliphatic rings. The van der Waals surface area contributed by atoms with Gasteiger partial charge in [-0.1, -0.05) is 44.6 Å². The van der Waals surface area contributed by atoms with Gasteiger partial charge in [0.2, 0.25) is 0 Å². The normalized spacial score (nSPS) is 18.1. The van der Waals surface area contributed by atoms with Crippen molar-refractivity contribution in [3.63, 3.8) is 0 Å². The summed E-state index contributed by atoms with van der Waals surface area (Å²) in [5.74, 6) is 1.07. The highest BCUT2D eigenvalue weighted by atomic mass is 16.1. The van der Waals surface area contributed by atoms with Crippen LogP contribution in [0.5, 0.6) is 0 Å². The third-order valence-electron chi connectivity index (χ3n) is 6.07. The zero-order valence-corrected chi connectivity index (χ0v) is 17.3. The molecule has 0 spiro atoms. The molecule has 1 aliphatic carbocycles. The average molecular weight is 399 g/mol. The van der Waals surface area contributed by atoms with Gasteiger partial charge in [-0.2, -0.15) is 9.78 Å². The Balaban J connectivity index is 0.000000166. The van der Waals surface area contributed by atoms with Crippen LogP contribution in [0.3, 0.4) is 0 Å². The first kappa shape index (κ1) is 21.3. The molecule has 0 radical (unpaired) electrons. The summed E-state index contributed by atoms with van der Waals surface area (Å²) in [6.45, 7) is 4.16. The molecule has 1 saturated heterocycles. The topological polar surface area (TPSA) is 104 Å². The van der Waals surface area contributed by atoms with E-state index >= 15 is 0 Å². The van der Waals surface area contributed by atoms with Gasteiger partial charge in [-0.15, -0.1) is 0 Å². The van der Waals surface area contributed by atoms with Gasteiger partial charge in [-0.05, 0) is 56.9 Å². The largest absolute Gasteiger partial charge is 0.398 e. The van der Waals surface area contributed by atoms with Crippen molar-refractivity contribution in [2.24, 2.45) is 5.92 Å². The van der Waals surface area contributed by atoms with Crippen LogP contribution in [-0.2, 0) is 0 Å². The number of piperidine rings is 1. The molecule has 0 unspecified atom stereocenters. The molecule has 1 aromatic heterocycles. The highest BCUT2D eigenvalue weighted by Gasteiger charge is 2.16. The summed E-state index contributed by atoms with van der Waals surface area (Å²) in [5.41, 5.74) is 6.74. The fraction of sp³-hybridized carbons (Fsp3) is 0.591. The van der Waals surface area contributed by atoms with Gasteiger partial charge in [0.15, 0.2) is 0 Å². The second kappa shape index (κ2) is 11.0. The predicted octanol–water partition coefficient (Wildman–Crippen LogP) is 3.58. The number of rotatable bonds is 5. The minimum atomic E-state index is -0.358. The SMILES string of the molecule is C1CCC(CCN2CCCCC2)CC1.N=Cc1c(N)cccc1-n1nc[nH]c1=O. The molecule has 4 N–H and O–H groups in total. The fourth-order valence-electron chi connectivity index (χ4n) is 4.36. The van der Waals surface area contributed by atoms with Gasteiger partial charge in [0.25, 0.3) is 0 Å². The van der Waals surface area contributed by atoms with E-state index < -0.39 is 0 Å². The maximum Gasteiger partial charge on any atom is 0.347 e. The molecule has 1 aliphatic heterocycles. The van der Waals surface area contributed by atoms with Crippen molar-refractivity contribution in [2.45, 2.75) is 57.8 Å². The summed E-state index contributed by atoms with van der Waals surface area (Å²) >= 11 is 0. The maximum absolute atomic E-state index is 11.3. The van der Waals surface area contributed by atoms with Crippen LogP contribution in [0.15, 0.2) is 29.3 Å². The number of hydrogen-bond acceptors (Lipinski definition) is 5. The minimum Gasteiger partial charge on any atom is -0.398 e. The Hall–Kier alpha value is -2.41. The van der Waals surface area contributed by atoms with Gasteiger partial charge in [0, 0.05) is 17.5 Å². The molecule has 0 bridgehead atoms. The second-order valence-electron chi connectivity index (χ2n) is 8.13. The standard InChI is InChI=1S/C13H25N.C9H9N5O/c1-3-7-13(8-4-1)9-12-14-10-5-2-6-11-14;10-4-6-7(11)2-1-3-8(6)14-9(15)12-5-13-14/h13H,1-12H2;1-5,10H,11H2,(H,12,13,15). The van der Waals surface area contributed by atoms with Crippen LogP contribution in [0.1, 0.15) is 63.4 Å². The quantitative estimate of drug-likeness (QED) is 0.529. The highest BCUT2D eigenvalue weighted by Crippen LogP contribution is 2.26. The lowest BCUT2D eigenvalue weighted by atomic mass is 9.87. The van der Waals surface area contributed by atoms with Gasteiger partial charge in [-0.25, -0.2) is 4.79 Å². The van der Waals surface area contributed by atoms with Crippen LogP contribution in [0, 0.1) is 11.3 Å². The van der Waals surface area contributed by atoms with Crippen LogP contribution in [0.2, 0.25) is 0 Å². The lowest BCUT2D eigenvalue weighted by Gasteiger charge is -2.29. The molecule has 158 valence electrons. The number of likely N-dealkylation sites (tertiary alicyclic amines) is 1. The number of aromatic amines is 1. The number of nitrogen functional groups attached to an aromatic ring is 1. The molecule has 7 nitrogen and oxygen atoms in total. The Morgan fingerprint density at radius 2 is 1.86 bits per heavy atom. The number of benzene rings is 1. The van der Waals surface area contributed by atoms with Gasteiger partial charge in [0.1, 0.15) is 6.33 Å². The number of aromatic nitrogens is 3. The van der Waals surface area contributed by atoms with E-state index in [2.05, 4.69) is 15.0 Å². The van der Waals surface area contributed by atoms with Crippen molar-refractivity contribution in [2.75, 3.05) is 25.4 Å². The third kappa shape index (κ3) is 6.03. The minimum absolute atomic E-state index is 0.358. The third-order valence-corrected chi connectivity index (χ3v) is 6.07. The molecular formula is C22H34N6O. The molecule has 2 heterocycles. The molecule has 2 aromatic rings. The molecule has 1 aromatic carbocycles. The zero-order valence-electron chi connectivity index (χ0n) is 17.3. The van der Waals surface area contributed by atoms with Crippen LogP contribution < -0.4 is 11.4 Å². The highest BCUT2D eigenvalue weighted by molar-refractivity contribution is 5.89. The van der Waals surface area contributed by atoms with E-state index in [4.69, 9.17) is 11.1 Å². The van der Waals surface area contributed by atoms with E-state index in [1.54, 1.807) is 18.2 Å². The first-order chi connectivity index (χ1) is 14.2. The molecule has 2 fully saturated rings. The Bertz CT molecular complexity index is 797. The number of anilines is 1. The summed E-state index contributed by atoms with van der Waals surface area (Å²) < 4.78 is 1.16. The maximum atomic E-state index is 11.3. The monoisotopic (exact) mass is 398 g/mol. The van der Waals surface area contributed by atoms with Crippen molar-refractivity contribution in [3.05, 3.63) is 40.6 Å². The first-order valence-corrected chi connectivity index (χ1v) is 10.9. The fourth-order valence-corrected chi connectivity index (χ4v) is 4.36.